The van der Waals surface area contributed by atoms with E-state index in [0.717, 1.165) is 0 Å². The van der Waals surface area contributed by atoms with Gasteiger partial charge in [0.2, 0.25) is 0 Å². The molecule has 0 bridgehead atoms. The third kappa shape index (κ3) is 5.14. The Hall–Kier alpha value is -4.90. The molecule has 216 valence electrons. The van der Waals surface area contributed by atoms with Crippen LogP contribution in [-0.2, 0) is 14.3 Å². The first-order chi connectivity index (χ1) is 20.3. The Balaban J connectivity index is 1.66. The van der Waals surface area contributed by atoms with Gasteiger partial charge in [0.05, 0.1) is 49.3 Å². The molecule has 0 N–H and O–H groups in total. The number of esters is 2. The number of furan rings is 1. The predicted octanol–water partition coefficient (Wildman–Crippen LogP) is 3.86. The minimum Gasteiger partial charge on any atom is -0.497 e. The molecule has 11 heteroatoms. The van der Waals surface area contributed by atoms with Crippen molar-refractivity contribution in [1.29, 1.82) is 0 Å². The van der Waals surface area contributed by atoms with Gasteiger partial charge in [-0.3, -0.25) is 9.36 Å². The molecule has 0 fully saturated rings. The molecule has 4 aromatic rings. The minimum atomic E-state index is -0.859. The monoisotopic (exact) mass is 588 g/mol. The summed E-state index contributed by atoms with van der Waals surface area (Å²) < 4.78 is 29.1. The summed E-state index contributed by atoms with van der Waals surface area (Å²) >= 11 is 1.17. The summed E-state index contributed by atoms with van der Waals surface area (Å²) in [6.07, 6.45) is 1.61. The molecule has 2 aromatic heterocycles. The van der Waals surface area contributed by atoms with Crippen LogP contribution in [-0.4, -0.2) is 44.4 Å². The number of fused-ring (bicyclic) bond motifs is 1. The summed E-state index contributed by atoms with van der Waals surface area (Å²) in [6, 6.07) is 14.7. The first-order valence-corrected chi connectivity index (χ1v) is 13.8. The van der Waals surface area contributed by atoms with Crippen molar-refractivity contribution in [1.82, 2.24) is 4.57 Å². The van der Waals surface area contributed by atoms with Crippen LogP contribution in [0.2, 0.25) is 0 Å². The second-order valence-electron chi connectivity index (χ2n) is 9.15. The number of ether oxygens (including phenoxy) is 4. The molecule has 1 aliphatic heterocycles. The van der Waals surface area contributed by atoms with Gasteiger partial charge in [-0.1, -0.05) is 29.5 Å². The topological polar surface area (TPSA) is 119 Å². The van der Waals surface area contributed by atoms with E-state index in [0.29, 0.717) is 54.7 Å². The van der Waals surface area contributed by atoms with Crippen LogP contribution in [0.1, 0.15) is 41.6 Å². The predicted molar refractivity (Wildman–Crippen MR) is 155 cm³/mol. The first kappa shape index (κ1) is 28.6. The second kappa shape index (κ2) is 11.9. The van der Waals surface area contributed by atoms with Gasteiger partial charge in [-0.2, -0.15) is 0 Å². The maximum atomic E-state index is 14.0. The summed E-state index contributed by atoms with van der Waals surface area (Å²) in [6.45, 7) is 3.59. The zero-order valence-corrected chi connectivity index (χ0v) is 24.4. The van der Waals surface area contributed by atoms with Crippen molar-refractivity contribution in [2.45, 2.75) is 19.9 Å². The van der Waals surface area contributed by atoms with Gasteiger partial charge >= 0.3 is 11.9 Å². The van der Waals surface area contributed by atoms with Gasteiger partial charge in [-0.25, -0.2) is 14.6 Å². The Morgan fingerprint density at radius 2 is 1.83 bits per heavy atom. The number of thiazole rings is 1. The Kier molecular flexibility index (Phi) is 8.12. The van der Waals surface area contributed by atoms with E-state index in [1.807, 2.05) is 0 Å². The van der Waals surface area contributed by atoms with E-state index in [9.17, 15) is 14.4 Å². The van der Waals surface area contributed by atoms with Crippen molar-refractivity contribution in [2.75, 3.05) is 27.9 Å². The number of nitrogens with zero attached hydrogens (tertiary/aromatic N) is 2. The number of carbonyl (C=O) groups is 2. The Morgan fingerprint density at radius 1 is 1.05 bits per heavy atom. The molecule has 0 amide bonds. The van der Waals surface area contributed by atoms with Gasteiger partial charge in [0.1, 0.15) is 29.1 Å². The van der Waals surface area contributed by atoms with E-state index in [1.165, 1.54) is 30.1 Å². The van der Waals surface area contributed by atoms with Crippen molar-refractivity contribution in [3.05, 3.63) is 102 Å². The molecule has 0 unspecified atom stereocenters. The van der Waals surface area contributed by atoms with Crippen LogP contribution in [0.4, 0.5) is 0 Å². The number of hydrogen-bond donors (Lipinski definition) is 0. The summed E-state index contributed by atoms with van der Waals surface area (Å²) in [5.41, 5.74) is 1.79. The van der Waals surface area contributed by atoms with Crippen LogP contribution < -0.4 is 24.4 Å². The van der Waals surface area contributed by atoms with Crippen molar-refractivity contribution in [3.63, 3.8) is 0 Å². The molecule has 0 saturated carbocycles. The van der Waals surface area contributed by atoms with Crippen molar-refractivity contribution in [3.8, 4) is 22.8 Å². The number of carbonyl (C=O) groups excluding carboxylic acids is 2. The Labute approximate surface area is 244 Å². The normalized spacial score (nSPS) is 14.7. The highest BCUT2D eigenvalue weighted by atomic mass is 32.1. The summed E-state index contributed by atoms with van der Waals surface area (Å²) in [7, 11) is 4.37. The number of aromatic nitrogens is 1. The molecule has 0 aliphatic carbocycles. The largest absolute Gasteiger partial charge is 0.497 e. The molecule has 2 aromatic carbocycles. The van der Waals surface area contributed by atoms with Crippen LogP contribution >= 0.6 is 11.3 Å². The lowest BCUT2D eigenvalue weighted by molar-refractivity contribution is -0.139. The van der Waals surface area contributed by atoms with Gasteiger partial charge in [0.25, 0.3) is 5.56 Å². The lowest BCUT2D eigenvalue weighted by Crippen LogP contribution is -2.40. The molecular weight excluding hydrogens is 560 g/mol. The highest BCUT2D eigenvalue weighted by Gasteiger charge is 2.35. The summed E-state index contributed by atoms with van der Waals surface area (Å²) in [5.74, 6) is 0.773. The summed E-state index contributed by atoms with van der Waals surface area (Å²) in [4.78, 5) is 44.4. The second-order valence-corrected chi connectivity index (χ2v) is 10.2. The van der Waals surface area contributed by atoms with Gasteiger partial charge in [0.15, 0.2) is 4.80 Å². The summed E-state index contributed by atoms with van der Waals surface area (Å²) in [5, 5.41) is 0. The molecule has 1 atom stereocenters. The molecule has 3 heterocycles. The van der Waals surface area contributed by atoms with Crippen molar-refractivity contribution < 1.29 is 33.0 Å². The Bertz CT molecular complexity index is 1900. The fraction of sp³-hybridized carbons (Fsp3) is 0.226. The smallest absolute Gasteiger partial charge is 0.338 e. The van der Waals surface area contributed by atoms with Crippen LogP contribution in [0, 0.1) is 0 Å². The van der Waals surface area contributed by atoms with Crippen LogP contribution in [0.5, 0.6) is 11.5 Å². The minimum absolute atomic E-state index is 0.159. The van der Waals surface area contributed by atoms with Gasteiger partial charge in [-0.05, 0) is 44.2 Å². The van der Waals surface area contributed by atoms with E-state index >= 15 is 0 Å². The Morgan fingerprint density at radius 3 is 2.55 bits per heavy atom. The van der Waals surface area contributed by atoms with Crippen LogP contribution in [0.15, 0.2) is 80.1 Å². The third-order valence-corrected chi connectivity index (χ3v) is 7.73. The quantitative estimate of drug-likeness (QED) is 0.285. The fourth-order valence-corrected chi connectivity index (χ4v) is 5.85. The zero-order chi connectivity index (χ0) is 30.0. The lowest BCUT2D eigenvalue weighted by Gasteiger charge is -2.26. The average molecular weight is 589 g/mol. The highest BCUT2D eigenvalue weighted by molar-refractivity contribution is 7.07. The van der Waals surface area contributed by atoms with E-state index < -0.39 is 18.0 Å². The van der Waals surface area contributed by atoms with Gasteiger partial charge in [0, 0.05) is 23.3 Å². The molecule has 42 heavy (non-hydrogen) atoms. The SMILES string of the molecule is CCOC(=O)C1=C(C)N=c2sc(=Cc3ccc(-c4ccccc4C(=O)OC)o3)c(=O)n2[C@@H]1c1ccc(OC)cc1OC. The molecule has 10 nitrogen and oxygen atoms in total. The number of hydrogen-bond acceptors (Lipinski definition) is 10. The molecular formula is C31H28N2O8S. The molecule has 0 radical (unpaired) electrons. The van der Waals surface area contributed by atoms with E-state index in [4.69, 9.17) is 23.4 Å². The molecule has 5 rings (SSSR count). The molecule has 0 saturated heterocycles. The first-order valence-electron chi connectivity index (χ1n) is 13.0. The maximum Gasteiger partial charge on any atom is 0.338 e. The van der Waals surface area contributed by atoms with Crippen LogP contribution in [0.25, 0.3) is 17.4 Å². The number of methoxy groups -OCH3 is 3. The third-order valence-electron chi connectivity index (χ3n) is 6.75. The van der Waals surface area contributed by atoms with Gasteiger partial charge < -0.3 is 23.4 Å². The number of allylic oxidation sites excluding steroid dienone is 1. The van der Waals surface area contributed by atoms with Gasteiger partial charge in [-0.15, -0.1) is 0 Å². The lowest BCUT2D eigenvalue weighted by atomic mass is 9.95. The standard InChI is InChI=1S/C31H28N2O8S/c1-6-40-30(36)26-17(2)32-31-33(27(26)22-13-11-18(37-3)15-24(22)38-4)28(34)25(42-31)16-19-12-14-23(41-19)20-9-7-8-10-21(20)29(35)39-5/h7-16,27H,6H2,1-5H3/t27-/m1/s1. The average Bonchev–Trinajstić information content (AvgIpc) is 3.59. The van der Waals surface area contributed by atoms with E-state index in [1.54, 1.807) is 81.6 Å². The van der Waals surface area contributed by atoms with E-state index in [2.05, 4.69) is 4.99 Å². The fourth-order valence-electron chi connectivity index (χ4n) is 4.82. The number of rotatable bonds is 8. The maximum absolute atomic E-state index is 14.0. The van der Waals surface area contributed by atoms with E-state index in [-0.39, 0.29) is 17.7 Å². The highest BCUT2D eigenvalue weighted by Crippen LogP contribution is 2.37. The zero-order valence-electron chi connectivity index (χ0n) is 23.6. The van der Waals surface area contributed by atoms with Crippen molar-refractivity contribution >= 4 is 29.4 Å². The molecule has 1 aliphatic rings. The van der Waals surface area contributed by atoms with Crippen molar-refractivity contribution in [2.24, 2.45) is 4.99 Å². The van der Waals surface area contributed by atoms with Crippen LogP contribution in [0.3, 0.4) is 0 Å². The number of benzene rings is 2. The molecule has 0 spiro atoms.